The van der Waals surface area contributed by atoms with Crippen molar-refractivity contribution in [3.63, 3.8) is 0 Å². The molecule has 0 spiro atoms. The van der Waals surface area contributed by atoms with E-state index in [2.05, 4.69) is 30.6 Å². The summed E-state index contributed by atoms with van der Waals surface area (Å²) in [6, 6.07) is 5.36. The van der Waals surface area contributed by atoms with Crippen LogP contribution in [0, 0.1) is 6.92 Å². The van der Waals surface area contributed by atoms with Crippen LogP contribution >= 0.6 is 24.0 Å². The topological polar surface area (TPSA) is 105 Å². The van der Waals surface area contributed by atoms with Gasteiger partial charge in [0, 0.05) is 56.4 Å². The first-order valence-electron chi connectivity index (χ1n) is 11.2. The third-order valence-electron chi connectivity index (χ3n) is 5.67. The van der Waals surface area contributed by atoms with Crippen molar-refractivity contribution < 1.29 is 9.53 Å². The largest absolute Gasteiger partial charge is 0.436 e. The van der Waals surface area contributed by atoms with Crippen LogP contribution in [0.25, 0.3) is 0 Å². The van der Waals surface area contributed by atoms with Gasteiger partial charge in [0.2, 0.25) is 11.8 Å². The standard InChI is InChI=1S/C24H28ClN7O2.ClH/c1-15-12-28-24(31-21(15)32(2)3)30-18-8-6-17(7-9-18)29-22(33)20-5-4-10-27-23(20)34-19-11-16(25)13-26-14-19;/h4-5,10-14,17-18H,6-9H2,1-3H3,(H,29,33)(H,28,30,31);1H/t17-,18+;. The molecule has 9 nitrogen and oxygen atoms in total. The Labute approximate surface area is 216 Å². The summed E-state index contributed by atoms with van der Waals surface area (Å²) < 4.78 is 5.77. The maximum Gasteiger partial charge on any atom is 0.257 e. The summed E-state index contributed by atoms with van der Waals surface area (Å²) in [5.41, 5.74) is 1.40. The van der Waals surface area contributed by atoms with E-state index in [0.29, 0.717) is 22.3 Å². The molecule has 4 rings (SSSR count). The highest BCUT2D eigenvalue weighted by atomic mass is 35.5. The molecule has 1 aliphatic rings. The van der Waals surface area contributed by atoms with Crippen LogP contribution in [-0.2, 0) is 0 Å². The van der Waals surface area contributed by atoms with Crippen LogP contribution in [0.4, 0.5) is 11.8 Å². The number of pyridine rings is 2. The first-order valence-corrected chi connectivity index (χ1v) is 11.6. The molecular formula is C24H29Cl2N7O2. The minimum atomic E-state index is -0.216. The lowest BCUT2D eigenvalue weighted by Crippen LogP contribution is -2.40. The van der Waals surface area contributed by atoms with Gasteiger partial charge in [0.15, 0.2) is 0 Å². The van der Waals surface area contributed by atoms with E-state index >= 15 is 0 Å². The number of anilines is 2. The molecule has 186 valence electrons. The normalized spacial score (nSPS) is 17.1. The van der Waals surface area contributed by atoms with Crippen molar-refractivity contribution in [2.24, 2.45) is 0 Å². The molecule has 0 radical (unpaired) electrons. The summed E-state index contributed by atoms with van der Waals surface area (Å²) in [6.45, 7) is 2.00. The SMILES string of the molecule is Cc1cnc(N[C@H]2CC[C@@H](NC(=O)c3cccnc3Oc3cncc(Cl)c3)CC2)nc1N(C)C.Cl. The van der Waals surface area contributed by atoms with Crippen LogP contribution in [0.5, 0.6) is 11.6 Å². The van der Waals surface area contributed by atoms with Crippen LogP contribution in [0.3, 0.4) is 0 Å². The van der Waals surface area contributed by atoms with Gasteiger partial charge < -0.3 is 20.3 Å². The fourth-order valence-corrected chi connectivity index (χ4v) is 4.15. The number of hydrogen-bond donors (Lipinski definition) is 2. The highest BCUT2D eigenvalue weighted by Crippen LogP contribution is 2.26. The molecule has 0 aromatic carbocycles. The van der Waals surface area contributed by atoms with Gasteiger partial charge in [-0.2, -0.15) is 4.98 Å². The van der Waals surface area contributed by atoms with E-state index in [1.807, 2.05) is 32.1 Å². The summed E-state index contributed by atoms with van der Waals surface area (Å²) in [6.07, 6.45) is 9.97. The van der Waals surface area contributed by atoms with Crippen molar-refractivity contribution in [1.82, 2.24) is 25.3 Å². The van der Waals surface area contributed by atoms with Crippen molar-refractivity contribution in [3.8, 4) is 11.6 Å². The van der Waals surface area contributed by atoms with E-state index in [0.717, 1.165) is 37.1 Å². The maximum atomic E-state index is 13.0. The van der Waals surface area contributed by atoms with Crippen LogP contribution in [0.1, 0.15) is 41.6 Å². The van der Waals surface area contributed by atoms with Gasteiger partial charge in [-0.15, -0.1) is 12.4 Å². The summed E-state index contributed by atoms with van der Waals surface area (Å²) in [5.74, 6) is 1.96. The number of aryl methyl sites for hydroxylation is 1. The molecule has 1 amide bonds. The van der Waals surface area contributed by atoms with Gasteiger partial charge in [-0.25, -0.2) is 9.97 Å². The molecule has 1 fully saturated rings. The van der Waals surface area contributed by atoms with Crippen LogP contribution in [-0.4, -0.2) is 52.0 Å². The van der Waals surface area contributed by atoms with Gasteiger partial charge in [-0.1, -0.05) is 11.6 Å². The molecule has 0 atom stereocenters. The first-order chi connectivity index (χ1) is 16.4. The predicted octanol–water partition coefficient (Wildman–Crippen LogP) is 4.66. The highest BCUT2D eigenvalue weighted by Gasteiger charge is 2.25. The smallest absolute Gasteiger partial charge is 0.257 e. The third kappa shape index (κ3) is 6.93. The van der Waals surface area contributed by atoms with E-state index in [9.17, 15) is 4.79 Å². The minimum absolute atomic E-state index is 0. The Kier molecular flexibility index (Phi) is 9.06. The molecule has 1 aliphatic carbocycles. The van der Waals surface area contributed by atoms with Crippen molar-refractivity contribution in [3.05, 3.63) is 59.1 Å². The zero-order valence-corrected chi connectivity index (χ0v) is 21.4. The first kappa shape index (κ1) is 26.4. The second kappa shape index (κ2) is 12.0. The van der Waals surface area contributed by atoms with E-state index < -0.39 is 0 Å². The van der Waals surface area contributed by atoms with Gasteiger partial charge in [-0.05, 0) is 44.7 Å². The molecule has 3 aromatic rings. The number of nitrogens with zero attached hydrogens (tertiary/aromatic N) is 5. The summed E-state index contributed by atoms with van der Waals surface area (Å²) in [7, 11) is 3.94. The zero-order chi connectivity index (χ0) is 24.1. The van der Waals surface area contributed by atoms with Gasteiger partial charge in [0.05, 0.1) is 11.2 Å². The Balaban J connectivity index is 0.00000342. The highest BCUT2D eigenvalue weighted by molar-refractivity contribution is 6.30. The van der Waals surface area contributed by atoms with Crippen LogP contribution < -0.4 is 20.3 Å². The fraction of sp³-hybridized carbons (Fsp3) is 0.375. The lowest BCUT2D eigenvalue weighted by Gasteiger charge is -2.30. The number of carbonyl (C=O) groups is 1. The summed E-state index contributed by atoms with van der Waals surface area (Å²) in [4.78, 5) is 32.2. The molecule has 3 heterocycles. The van der Waals surface area contributed by atoms with E-state index in [1.165, 1.54) is 12.4 Å². The number of rotatable bonds is 7. The number of ether oxygens (including phenoxy) is 1. The zero-order valence-electron chi connectivity index (χ0n) is 19.9. The number of nitrogens with one attached hydrogen (secondary N) is 2. The molecule has 35 heavy (non-hydrogen) atoms. The summed E-state index contributed by atoms with van der Waals surface area (Å²) in [5, 5.41) is 7.01. The van der Waals surface area contributed by atoms with Gasteiger partial charge >= 0.3 is 0 Å². The number of carbonyl (C=O) groups excluding carboxylic acids is 1. The van der Waals surface area contributed by atoms with Crippen molar-refractivity contribution in [1.29, 1.82) is 0 Å². The molecule has 0 saturated heterocycles. The predicted molar refractivity (Wildman–Crippen MR) is 139 cm³/mol. The van der Waals surface area contributed by atoms with Gasteiger partial charge in [0.25, 0.3) is 5.91 Å². The fourth-order valence-electron chi connectivity index (χ4n) is 3.99. The Morgan fingerprint density at radius 1 is 1.11 bits per heavy atom. The molecule has 0 unspecified atom stereocenters. The Morgan fingerprint density at radius 3 is 2.57 bits per heavy atom. The number of hydrogen-bond acceptors (Lipinski definition) is 8. The second-order valence-corrected chi connectivity index (χ2v) is 8.99. The van der Waals surface area contributed by atoms with E-state index in [1.54, 1.807) is 24.4 Å². The van der Waals surface area contributed by atoms with Crippen molar-refractivity contribution in [2.45, 2.75) is 44.7 Å². The quantitative estimate of drug-likeness (QED) is 0.465. The lowest BCUT2D eigenvalue weighted by molar-refractivity contribution is 0.0923. The molecule has 0 aliphatic heterocycles. The number of halogens is 2. The molecule has 11 heteroatoms. The molecule has 2 N–H and O–H groups in total. The van der Waals surface area contributed by atoms with E-state index in [-0.39, 0.29) is 36.3 Å². The van der Waals surface area contributed by atoms with Crippen molar-refractivity contribution in [2.75, 3.05) is 24.3 Å². The average molecular weight is 518 g/mol. The second-order valence-electron chi connectivity index (χ2n) is 8.56. The Hall–Kier alpha value is -3.17. The average Bonchev–Trinajstić information content (AvgIpc) is 2.82. The number of aromatic nitrogens is 4. The number of amides is 1. The monoisotopic (exact) mass is 517 g/mol. The minimum Gasteiger partial charge on any atom is -0.436 e. The summed E-state index contributed by atoms with van der Waals surface area (Å²) >= 11 is 5.98. The van der Waals surface area contributed by atoms with Crippen LogP contribution in [0.2, 0.25) is 5.02 Å². The molecule has 0 bridgehead atoms. The van der Waals surface area contributed by atoms with Gasteiger partial charge in [-0.3, -0.25) is 9.78 Å². The van der Waals surface area contributed by atoms with Gasteiger partial charge in [0.1, 0.15) is 17.1 Å². The van der Waals surface area contributed by atoms with Crippen molar-refractivity contribution >= 4 is 41.7 Å². The lowest BCUT2D eigenvalue weighted by atomic mass is 9.91. The van der Waals surface area contributed by atoms with E-state index in [4.69, 9.17) is 16.3 Å². The molecule has 3 aromatic heterocycles. The van der Waals surface area contributed by atoms with Crippen LogP contribution in [0.15, 0.2) is 43.0 Å². The molecule has 1 saturated carbocycles. The Bertz CT molecular complexity index is 1150. The Morgan fingerprint density at radius 2 is 1.86 bits per heavy atom. The molecular weight excluding hydrogens is 489 g/mol. The third-order valence-corrected chi connectivity index (χ3v) is 5.88. The maximum absolute atomic E-state index is 13.0.